The largest absolute Gasteiger partial charge is 0.288 e. The molecule has 46 heavy (non-hydrogen) atoms. The summed E-state index contributed by atoms with van der Waals surface area (Å²) in [4.78, 5) is 55.6. The number of carbonyl (C=O) groups is 4. The van der Waals surface area contributed by atoms with Crippen LogP contribution in [0.15, 0.2) is 132 Å². The molecule has 0 N–H and O–H groups in total. The SMILES string of the molecule is O=C1C(=Cc2ccc(-c3ccc(-c4ccc(-c5ccc(C=C6C(=O)c7ccccc7C6=O)cc5)s4)s3)cc2)C(=O)c2ccccc21. The first kappa shape index (κ1) is 28.0. The molecule has 6 aromatic rings. The summed E-state index contributed by atoms with van der Waals surface area (Å²) in [6.07, 6.45) is 3.36. The molecule has 0 fully saturated rings. The van der Waals surface area contributed by atoms with Gasteiger partial charge >= 0.3 is 0 Å². The molecule has 0 spiro atoms. The Labute approximate surface area is 272 Å². The Morgan fingerprint density at radius 3 is 0.978 bits per heavy atom. The molecule has 0 atom stereocenters. The maximum Gasteiger partial charge on any atom is 0.197 e. The van der Waals surface area contributed by atoms with E-state index in [-0.39, 0.29) is 34.3 Å². The zero-order chi connectivity index (χ0) is 31.4. The van der Waals surface area contributed by atoms with E-state index in [0.29, 0.717) is 22.3 Å². The van der Waals surface area contributed by atoms with Crippen molar-refractivity contribution in [3.63, 3.8) is 0 Å². The van der Waals surface area contributed by atoms with Crippen molar-refractivity contribution in [1.29, 1.82) is 0 Å². The van der Waals surface area contributed by atoms with Gasteiger partial charge in [-0.15, -0.1) is 22.7 Å². The van der Waals surface area contributed by atoms with E-state index in [1.165, 1.54) is 0 Å². The maximum absolute atomic E-state index is 12.8. The van der Waals surface area contributed by atoms with E-state index < -0.39 is 0 Å². The summed E-state index contributed by atoms with van der Waals surface area (Å²) in [6, 6.07) is 38.2. The van der Waals surface area contributed by atoms with Gasteiger partial charge in [0, 0.05) is 41.8 Å². The highest BCUT2D eigenvalue weighted by atomic mass is 32.1. The van der Waals surface area contributed by atoms with Crippen molar-refractivity contribution in [1.82, 2.24) is 0 Å². The van der Waals surface area contributed by atoms with E-state index >= 15 is 0 Å². The Balaban J connectivity index is 0.974. The highest BCUT2D eigenvalue weighted by molar-refractivity contribution is 7.25. The van der Waals surface area contributed by atoms with Gasteiger partial charge in [-0.2, -0.15) is 0 Å². The van der Waals surface area contributed by atoms with Crippen molar-refractivity contribution in [3.05, 3.63) is 166 Å². The van der Waals surface area contributed by atoms with Gasteiger partial charge in [0.2, 0.25) is 0 Å². The smallest absolute Gasteiger partial charge is 0.197 e. The van der Waals surface area contributed by atoms with Crippen LogP contribution in [0.3, 0.4) is 0 Å². The quantitative estimate of drug-likeness (QED) is 0.140. The molecule has 4 nitrogen and oxygen atoms in total. The topological polar surface area (TPSA) is 68.3 Å². The van der Waals surface area contributed by atoms with Gasteiger partial charge in [0.05, 0.1) is 11.1 Å². The number of allylic oxidation sites excluding steroid dienone is 2. The van der Waals surface area contributed by atoms with Crippen molar-refractivity contribution < 1.29 is 19.2 Å². The first-order valence-corrected chi connectivity index (χ1v) is 16.3. The third-order valence-corrected chi connectivity index (χ3v) is 10.7. The molecule has 0 bridgehead atoms. The number of benzene rings is 4. The van der Waals surface area contributed by atoms with Crippen molar-refractivity contribution in [2.45, 2.75) is 0 Å². The number of thiophene rings is 2. The normalized spacial score (nSPS) is 13.7. The molecule has 6 heteroatoms. The fourth-order valence-corrected chi connectivity index (χ4v) is 7.99. The lowest BCUT2D eigenvalue weighted by Crippen LogP contribution is -2.00. The molecule has 0 aliphatic heterocycles. The summed E-state index contributed by atoms with van der Waals surface area (Å²) in [7, 11) is 0. The van der Waals surface area contributed by atoms with Gasteiger partial charge in [-0.1, -0.05) is 97.1 Å². The average molecular weight is 631 g/mol. The van der Waals surface area contributed by atoms with Crippen molar-refractivity contribution in [2.24, 2.45) is 0 Å². The highest BCUT2D eigenvalue weighted by Crippen LogP contribution is 2.41. The lowest BCUT2D eigenvalue weighted by molar-refractivity contribution is 0.0975. The highest BCUT2D eigenvalue weighted by Gasteiger charge is 2.33. The second kappa shape index (κ2) is 11.1. The minimum absolute atomic E-state index is 0.206. The lowest BCUT2D eigenvalue weighted by atomic mass is 10.0. The number of ketones is 4. The lowest BCUT2D eigenvalue weighted by Gasteiger charge is -2.01. The van der Waals surface area contributed by atoms with Gasteiger partial charge in [-0.25, -0.2) is 0 Å². The van der Waals surface area contributed by atoms with E-state index in [0.717, 1.165) is 41.8 Å². The molecule has 8 rings (SSSR count). The summed E-state index contributed by atoms with van der Waals surface area (Å²) in [5.74, 6) is -0.891. The predicted molar refractivity (Wildman–Crippen MR) is 185 cm³/mol. The first-order chi connectivity index (χ1) is 22.4. The fourth-order valence-electron chi connectivity index (χ4n) is 5.88. The van der Waals surface area contributed by atoms with Crippen molar-refractivity contribution >= 4 is 58.0 Å². The molecule has 0 saturated carbocycles. The molecule has 2 heterocycles. The molecule has 2 aliphatic carbocycles. The van der Waals surface area contributed by atoms with Crippen LogP contribution < -0.4 is 0 Å². The van der Waals surface area contributed by atoms with E-state index in [4.69, 9.17) is 0 Å². The molecule has 0 unspecified atom stereocenters. The Morgan fingerprint density at radius 2 is 0.652 bits per heavy atom. The van der Waals surface area contributed by atoms with Crippen LogP contribution in [0, 0.1) is 0 Å². The number of fused-ring (bicyclic) bond motifs is 2. The van der Waals surface area contributed by atoms with E-state index in [9.17, 15) is 19.2 Å². The molecular formula is C40H22O4S2. The number of Topliss-reactive ketones (excluding diaryl/α,β-unsaturated/α-hetero) is 4. The van der Waals surface area contributed by atoms with Crippen LogP contribution in [-0.4, -0.2) is 23.1 Å². The van der Waals surface area contributed by atoms with Gasteiger partial charge in [-0.3, -0.25) is 19.2 Å². The Morgan fingerprint density at radius 1 is 0.348 bits per heavy atom. The minimum atomic E-state index is -0.223. The standard InChI is InChI=1S/C40H22O4S2/c41-37-27-5-1-2-6-28(27)38(42)31(37)21-23-9-13-25(14-10-23)33-17-19-35(45-33)36-20-18-34(46-36)26-15-11-24(12-16-26)22-32-39(43)29-7-3-4-8-30(29)40(32)44/h1-22H. The zero-order valence-electron chi connectivity index (χ0n) is 24.2. The molecular weight excluding hydrogens is 609 g/mol. The van der Waals surface area contributed by atoms with Gasteiger partial charge in [0.25, 0.3) is 0 Å². The van der Waals surface area contributed by atoms with Gasteiger partial charge in [0.15, 0.2) is 23.1 Å². The first-order valence-electron chi connectivity index (χ1n) is 14.7. The molecule has 2 aliphatic rings. The van der Waals surface area contributed by atoms with Crippen LogP contribution >= 0.6 is 22.7 Å². The van der Waals surface area contributed by atoms with Crippen LogP contribution in [0.25, 0.3) is 42.8 Å². The molecule has 4 aromatic carbocycles. The van der Waals surface area contributed by atoms with E-state index in [1.54, 1.807) is 83.4 Å². The third kappa shape index (κ3) is 4.76. The maximum atomic E-state index is 12.8. The third-order valence-electron chi connectivity index (χ3n) is 8.28. The summed E-state index contributed by atoms with van der Waals surface area (Å²) >= 11 is 3.42. The van der Waals surface area contributed by atoms with Crippen LogP contribution in [0.5, 0.6) is 0 Å². The molecule has 0 amide bonds. The molecule has 2 aromatic heterocycles. The summed E-state index contributed by atoms with van der Waals surface area (Å²) in [6.45, 7) is 0. The van der Waals surface area contributed by atoms with E-state index in [2.05, 4.69) is 24.3 Å². The predicted octanol–water partition coefficient (Wildman–Crippen LogP) is 9.74. The zero-order valence-corrected chi connectivity index (χ0v) is 25.8. The summed E-state index contributed by atoms with van der Waals surface area (Å²) in [5.41, 5.74) is 6.02. The summed E-state index contributed by atoms with van der Waals surface area (Å²) < 4.78 is 0. The number of carbonyl (C=O) groups excluding carboxylic acids is 4. The molecule has 0 saturated heterocycles. The van der Waals surface area contributed by atoms with Crippen LogP contribution in [-0.2, 0) is 0 Å². The van der Waals surface area contributed by atoms with Gasteiger partial charge in [0.1, 0.15) is 0 Å². The number of hydrogen-bond donors (Lipinski definition) is 0. The van der Waals surface area contributed by atoms with Crippen LogP contribution in [0.2, 0.25) is 0 Å². The van der Waals surface area contributed by atoms with E-state index in [1.807, 2.05) is 48.5 Å². The minimum Gasteiger partial charge on any atom is -0.288 e. The number of rotatable bonds is 5. The number of hydrogen-bond acceptors (Lipinski definition) is 6. The monoisotopic (exact) mass is 630 g/mol. The van der Waals surface area contributed by atoms with Crippen LogP contribution in [0.1, 0.15) is 52.6 Å². The Bertz CT molecular complexity index is 2070. The summed E-state index contributed by atoms with van der Waals surface area (Å²) in [5, 5.41) is 0. The molecule has 218 valence electrons. The Kier molecular flexibility index (Phi) is 6.75. The second-order valence-electron chi connectivity index (χ2n) is 11.1. The van der Waals surface area contributed by atoms with Crippen molar-refractivity contribution in [2.75, 3.05) is 0 Å². The van der Waals surface area contributed by atoms with Crippen molar-refractivity contribution in [3.8, 4) is 30.6 Å². The van der Waals surface area contributed by atoms with Crippen LogP contribution in [0.4, 0.5) is 0 Å². The Hall–Kier alpha value is -5.56. The fraction of sp³-hybridized carbons (Fsp3) is 0. The average Bonchev–Trinajstić information content (AvgIpc) is 3.88. The van der Waals surface area contributed by atoms with Gasteiger partial charge in [-0.05, 0) is 58.7 Å². The van der Waals surface area contributed by atoms with Gasteiger partial charge < -0.3 is 0 Å². The molecule has 0 radical (unpaired) electrons. The second-order valence-corrected chi connectivity index (χ2v) is 13.3.